The second-order valence-corrected chi connectivity index (χ2v) is 11.8. The Bertz CT molecular complexity index is 1980. The summed E-state index contributed by atoms with van der Waals surface area (Å²) < 4.78 is 0. The van der Waals surface area contributed by atoms with E-state index in [1.807, 2.05) is 0 Å². The van der Waals surface area contributed by atoms with Gasteiger partial charge in [0.15, 0.2) is 0 Å². The first-order chi connectivity index (χ1) is 19.9. The minimum Gasteiger partial charge on any atom is -0.0839 e. The highest BCUT2D eigenvalue weighted by Gasteiger charge is 2.42. The Balaban J connectivity index is 1.43. The van der Waals surface area contributed by atoms with Crippen LogP contribution >= 0.6 is 0 Å². The molecule has 9 rings (SSSR count). The highest BCUT2D eigenvalue weighted by Crippen LogP contribution is 2.58. The average Bonchev–Trinajstić information content (AvgIpc) is 3.33. The molecule has 0 amide bonds. The van der Waals surface area contributed by atoms with E-state index in [1.165, 1.54) is 77.2 Å². The van der Waals surface area contributed by atoms with E-state index in [1.54, 1.807) is 0 Å². The van der Waals surface area contributed by atoms with E-state index >= 15 is 0 Å². The third kappa shape index (κ3) is 3.08. The minimum atomic E-state index is 0.421. The lowest BCUT2D eigenvalue weighted by atomic mass is 9.70. The third-order valence-corrected chi connectivity index (χ3v) is 9.69. The van der Waals surface area contributed by atoms with Gasteiger partial charge in [0.1, 0.15) is 0 Å². The predicted octanol–water partition coefficient (Wildman–Crippen LogP) is 10.6. The maximum absolute atomic E-state index is 2.56. The number of fused-ring (bicyclic) bond motifs is 6. The van der Waals surface area contributed by atoms with Crippen molar-refractivity contribution in [3.8, 4) is 11.1 Å². The Morgan fingerprint density at radius 3 is 2.23 bits per heavy atom. The van der Waals surface area contributed by atoms with Gasteiger partial charge in [0, 0.05) is 11.8 Å². The molecule has 0 saturated heterocycles. The van der Waals surface area contributed by atoms with Crippen LogP contribution in [0.3, 0.4) is 0 Å². The van der Waals surface area contributed by atoms with Gasteiger partial charge in [0.25, 0.3) is 0 Å². The Labute approximate surface area is 235 Å². The van der Waals surface area contributed by atoms with Crippen molar-refractivity contribution >= 4 is 38.3 Å². The number of rotatable bonds is 2. The molecule has 5 aliphatic carbocycles. The van der Waals surface area contributed by atoms with Crippen LogP contribution in [-0.2, 0) is 0 Å². The first-order valence-corrected chi connectivity index (χ1v) is 14.8. The topological polar surface area (TPSA) is 0 Å². The maximum atomic E-state index is 2.56. The Kier molecular flexibility index (Phi) is 4.78. The molecule has 0 radical (unpaired) electrons. The summed E-state index contributed by atoms with van der Waals surface area (Å²) in [7, 11) is 0. The summed E-state index contributed by atoms with van der Waals surface area (Å²) in [6.07, 6.45) is 26.2. The quantitative estimate of drug-likeness (QED) is 0.235. The smallest absolute Gasteiger partial charge is 0.0205 e. The van der Waals surface area contributed by atoms with Crippen molar-refractivity contribution in [1.29, 1.82) is 0 Å². The van der Waals surface area contributed by atoms with Crippen molar-refractivity contribution in [2.75, 3.05) is 0 Å². The summed E-state index contributed by atoms with van der Waals surface area (Å²) in [5.74, 6) is 0.864. The van der Waals surface area contributed by atoms with E-state index in [9.17, 15) is 0 Å². The van der Waals surface area contributed by atoms with Crippen molar-refractivity contribution < 1.29 is 0 Å². The largest absolute Gasteiger partial charge is 0.0839 e. The van der Waals surface area contributed by atoms with Crippen LogP contribution in [0.5, 0.6) is 0 Å². The lowest BCUT2D eigenvalue weighted by Gasteiger charge is -2.34. The summed E-state index contributed by atoms with van der Waals surface area (Å²) in [5, 5.41) is 5.42. The number of allylic oxidation sites excluding steroid dienone is 14. The minimum absolute atomic E-state index is 0.421. The normalized spacial score (nSPS) is 22.1. The standard InChI is InChI=1S/C40H30/c1-3-12-25(13-4-1)38-30-18-9-10-19-31(30)39(26-14-5-2-6-15-26)37-24-34-33(23-36(37)38)32-21-11-20-29-28-17-8-7-16-27(28)22-35(34)40(29)32/h2-3,5-6,8-15,17-24,29,40H,1,4,7,16H2. The van der Waals surface area contributed by atoms with Crippen LogP contribution in [0, 0.1) is 11.8 Å². The maximum Gasteiger partial charge on any atom is 0.0205 e. The predicted molar refractivity (Wildman–Crippen MR) is 171 cm³/mol. The van der Waals surface area contributed by atoms with E-state index in [2.05, 4.69) is 121 Å². The van der Waals surface area contributed by atoms with E-state index < -0.39 is 0 Å². The van der Waals surface area contributed by atoms with Crippen LogP contribution in [0.25, 0.3) is 49.4 Å². The summed E-state index contributed by atoms with van der Waals surface area (Å²) in [6, 6.07) is 25.2. The van der Waals surface area contributed by atoms with Gasteiger partial charge < -0.3 is 0 Å². The molecule has 0 heteroatoms. The molecular formula is C40H30. The van der Waals surface area contributed by atoms with Gasteiger partial charge in [-0.05, 0) is 115 Å². The van der Waals surface area contributed by atoms with Crippen LogP contribution in [0.4, 0.5) is 0 Å². The summed E-state index contributed by atoms with van der Waals surface area (Å²) in [6.45, 7) is 0. The molecular weight excluding hydrogens is 480 g/mol. The number of hydrogen-bond acceptors (Lipinski definition) is 0. The Morgan fingerprint density at radius 1 is 0.650 bits per heavy atom. The molecule has 0 bridgehead atoms. The highest BCUT2D eigenvalue weighted by molar-refractivity contribution is 6.21. The number of benzene rings is 4. The van der Waals surface area contributed by atoms with Crippen LogP contribution in [-0.4, -0.2) is 0 Å². The molecule has 4 aromatic carbocycles. The van der Waals surface area contributed by atoms with E-state index in [-0.39, 0.29) is 0 Å². The highest BCUT2D eigenvalue weighted by atomic mass is 14.4. The van der Waals surface area contributed by atoms with Gasteiger partial charge in [0.2, 0.25) is 0 Å². The molecule has 40 heavy (non-hydrogen) atoms. The van der Waals surface area contributed by atoms with Crippen LogP contribution in [0.15, 0.2) is 133 Å². The summed E-state index contributed by atoms with van der Waals surface area (Å²) >= 11 is 0. The fraction of sp³-hybridized carbons (Fsp3) is 0.150. The fourth-order valence-corrected chi connectivity index (χ4v) is 8.02. The fourth-order valence-electron chi connectivity index (χ4n) is 8.02. The third-order valence-electron chi connectivity index (χ3n) is 9.69. The van der Waals surface area contributed by atoms with Gasteiger partial charge in [-0.2, -0.15) is 0 Å². The molecule has 2 atom stereocenters. The zero-order valence-electron chi connectivity index (χ0n) is 22.5. The molecule has 0 N–H and O–H groups in total. The van der Waals surface area contributed by atoms with E-state index in [0.29, 0.717) is 11.8 Å². The average molecular weight is 511 g/mol. The molecule has 0 heterocycles. The van der Waals surface area contributed by atoms with Gasteiger partial charge in [-0.3, -0.25) is 0 Å². The molecule has 0 saturated carbocycles. The lowest BCUT2D eigenvalue weighted by molar-refractivity contribution is 0.660. The first kappa shape index (κ1) is 22.4. The SMILES string of the molecule is C1=CC2C3=C(C=C4c5cc6c(-c7ccccc7)c7ccccc7c(C7=CCCC=C7)c6cc5C(=C1)C42)CCC=C3. The molecule has 0 nitrogen and oxygen atoms in total. The van der Waals surface area contributed by atoms with E-state index in [4.69, 9.17) is 0 Å². The van der Waals surface area contributed by atoms with Crippen LogP contribution in [0.2, 0.25) is 0 Å². The van der Waals surface area contributed by atoms with Gasteiger partial charge in [-0.25, -0.2) is 0 Å². The monoisotopic (exact) mass is 510 g/mol. The van der Waals surface area contributed by atoms with Gasteiger partial charge in [-0.1, -0.05) is 109 Å². The zero-order valence-corrected chi connectivity index (χ0v) is 22.5. The Hall–Kier alpha value is -4.42. The molecule has 0 aliphatic heterocycles. The van der Waals surface area contributed by atoms with Gasteiger partial charge in [-0.15, -0.1) is 0 Å². The summed E-state index contributed by atoms with van der Waals surface area (Å²) in [5.41, 5.74) is 14.3. The first-order valence-electron chi connectivity index (χ1n) is 14.8. The second-order valence-electron chi connectivity index (χ2n) is 11.8. The molecule has 0 aromatic heterocycles. The van der Waals surface area contributed by atoms with E-state index in [0.717, 1.165) is 25.7 Å². The molecule has 0 fully saturated rings. The van der Waals surface area contributed by atoms with Crippen molar-refractivity contribution in [1.82, 2.24) is 0 Å². The van der Waals surface area contributed by atoms with Gasteiger partial charge in [0.05, 0.1) is 0 Å². The lowest BCUT2D eigenvalue weighted by Crippen LogP contribution is -2.21. The number of hydrogen-bond donors (Lipinski definition) is 0. The van der Waals surface area contributed by atoms with Crippen molar-refractivity contribution in [2.24, 2.45) is 11.8 Å². The zero-order chi connectivity index (χ0) is 26.2. The molecule has 190 valence electrons. The van der Waals surface area contributed by atoms with Gasteiger partial charge >= 0.3 is 0 Å². The van der Waals surface area contributed by atoms with Crippen molar-refractivity contribution in [2.45, 2.75) is 25.7 Å². The second kappa shape index (κ2) is 8.54. The molecule has 5 aliphatic rings. The summed E-state index contributed by atoms with van der Waals surface area (Å²) in [4.78, 5) is 0. The Morgan fingerprint density at radius 2 is 1.40 bits per heavy atom. The molecule has 2 unspecified atom stereocenters. The van der Waals surface area contributed by atoms with Crippen molar-refractivity contribution in [3.05, 3.63) is 149 Å². The van der Waals surface area contributed by atoms with Crippen LogP contribution < -0.4 is 0 Å². The molecule has 0 spiro atoms. The molecule has 4 aromatic rings. The van der Waals surface area contributed by atoms with Crippen LogP contribution in [0.1, 0.15) is 42.4 Å². The van der Waals surface area contributed by atoms with Crippen molar-refractivity contribution in [3.63, 3.8) is 0 Å².